The van der Waals surface area contributed by atoms with Gasteiger partial charge in [0.2, 0.25) is 0 Å². The van der Waals surface area contributed by atoms with Gasteiger partial charge in [-0.2, -0.15) is 0 Å². The molecule has 0 amide bonds. The summed E-state index contributed by atoms with van der Waals surface area (Å²) in [5.41, 5.74) is 0. The Labute approximate surface area is 73.6 Å². The highest BCUT2D eigenvalue weighted by atomic mass is 16.6. The van der Waals surface area contributed by atoms with Gasteiger partial charge in [0.05, 0.1) is 0 Å². The quantitative estimate of drug-likeness (QED) is 0.263. The second-order valence-corrected chi connectivity index (χ2v) is 3.13. The fraction of sp³-hybridized carbons (Fsp3) is 0.700. The topological polar surface area (TPSA) is 29.6 Å². The molecule has 68 valence electrons. The highest BCUT2D eigenvalue weighted by Gasteiger charge is 2.35. The van der Waals surface area contributed by atoms with E-state index in [0.29, 0.717) is 0 Å². The summed E-state index contributed by atoms with van der Waals surface area (Å²) in [4.78, 5) is 10.2. The minimum atomic E-state index is -0.146. The summed E-state index contributed by atoms with van der Waals surface area (Å²) in [6.07, 6.45) is 9.80. The van der Waals surface area contributed by atoms with Gasteiger partial charge >= 0.3 is 0 Å². The van der Waals surface area contributed by atoms with Crippen LogP contribution in [-0.2, 0) is 9.53 Å². The van der Waals surface area contributed by atoms with Crippen molar-refractivity contribution < 1.29 is 9.53 Å². The average Bonchev–Trinajstić information content (AvgIpc) is 2.83. The van der Waals surface area contributed by atoms with Crippen LogP contribution in [-0.4, -0.2) is 18.5 Å². The second-order valence-electron chi connectivity index (χ2n) is 3.13. The fourth-order valence-corrected chi connectivity index (χ4v) is 1.14. The number of ether oxygens (including phenoxy) is 1. The van der Waals surface area contributed by atoms with Crippen molar-refractivity contribution in [2.75, 3.05) is 0 Å². The first-order chi connectivity index (χ1) is 5.88. The number of epoxide rings is 1. The molecule has 0 bridgehead atoms. The number of unbranched alkanes of at least 4 members (excludes halogenated alkanes) is 3. The summed E-state index contributed by atoms with van der Waals surface area (Å²) >= 11 is 0. The summed E-state index contributed by atoms with van der Waals surface area (Å²) in [6, 6.07) is 0. The number of rotatable bonds is 6. The van der Waals surface area contributed by atoms with Gasteiger partial charge in [-0.15, -0.1) is 0 Å². The molecular formula is C10H16O2. The van der Waals surface area contributed by atoms with Gasteiger partial charge in [0.25, 0.3) is 0 Å². The summed E-state index contributed by atoms with van der Waals surface area (Å²) in [6.45, 7) is 2.19. The molecule has 0 saturated carbocycles. The monoisotopic (exact) mass is 168 g/mol. The van der Waals surface area contributed by atoms with Crippen LogP contribution >= 0.6 is 0 Å². The maximum absolute atomic E-state index is 10.2. The van der Waals surface area contributed by atoms with Crippen molar-refractivity contribution in [1.29, 1.82) is 0 Å². The molecule has 12 heavy (non-hydrogen) atoms. The molecule has 0 aromatic carbocycles. The third-order valence-electron chi connectivity index (χ3n) is 2.00. The molecule has 1 rings (SSSR count). The Morgan fingerprint density at radius 1 is 1.33 bits per heavy atom. The number of allylic oxidation sites excluding steroid dienone is 1. The Kier molecular flexibility index (Phi) is 4.01. The fourth-order valence-electron chi connectivity index (χ4n) is 1.14. The van der Waals surface area contributed by atoms with E-state index in [2.05, 4.69) is 13.0 Å². The molecule has 1 aliphatic rings. The van der Waals surface area contributed by atoms with Crippen molar-refractivity contribution in [3.8, 4) is 0 Å². The van der Waals surface area contributed by atoms with Crippen LogP contribution in [0.5, 0.6) is 0 Å². The van der Waals surface area contributed by atoms with Crippen LogP contribution in [0.3, 0.4) is 0 Å². The number of aldehydes is 1. The van der Waals surface area contributed by atoms with E-state index in [1.165, 1.54) is 19.3 Å². The third kappa shape index (κ3) is 3.18. The first-order valence-electron chi connectivity index (χ1n) is 4.66. The standard InChI is InChI=1S/C10H16O2/c1-2-3-4-5-6-7-9-10(8-11)12-9/h6-10H,2-5H2,1H3. The van der Waals surface area contributed by atoms with E-state index < -0.39 is 0 Å². The molecule has 0 aliphatic carbocycles. The van der Waals surface area contributed by atoms with Crippen LogP contribution in [0.15, 0.2) is 12.2 Å². The Bertz CT molecular complexity index is 163. The SMILES string of the molecule is CCCCCC=CC1OC1C=O. The Morgan fingerprint density at radius 3 is 2.75 bits per heavy atom. The van der Waals surface area contributed by atoms with Crippen molar-refractivity contribution in [2.24, 2.45) is 0 Å². The zero-order valence-corrected chi connectivity index (χ0v) is 7.53. The van der Waals surface area contributed by atoms with Crippen molar-refractivity contribution >= 4 is 6.29 Å². The van der Waals surface area contributed by atoms with Crippen LogP contribution in [0.4, 0.5) is 0 Å². The maximum Gasteiger partial charge on any atom is 0.151 e. The molecule has 2 heteroatoms. The average molecular weight is 168 g/mol. The highest BCUT2D eigenvalue weighted by molar-refractivity contribution is 5.61. The van der Waals surface area contributed by atoms with E-state index in [0.717, 1.165) is 12.7 Å². The van der Waals surface area contributed by atoms with Gasteiger partial charge in [-0.1, -0.05) is 31.9 Å². The lowest BCUT2D eigenvalue weighted by Gasteiger charge is -1.89. The number of carbonyl (C=O) groups excluding carboxylic acids is 1. The molecule has 2 unspecified atom stereocenters. The van der Waals surface area contributed by atoms with Gasteiger partial charge < -0.3 is 9.53 Å². The molecule has 2 nitrogen and oxygen atoms in total. The summed E-state index contributed by atoms with van der Waals surface area (Å²) in [5.74, 6) is 0. The molecule has 0 radical (unpaired) electrons. The molecule has 1 heterocycles. The summed E-state index contributed by atoms with van der Waals surface area (Å²) < 4.78 is 5.02. The van der Waals surface area contributed by atoms with E-state index in [9.17, 15) is 4.79 Å². The first-order valence-corrected chi connectivity index (χ1v) is 4.66. The molecule has 0 aromatic heterocycles. The molecule has 0 aromatic rings. The van der Waals surface area contributed by atoms with E-state index in [1.807, 2.05) is 6.08 Å². The largest absolute Gasteiger partial charge is 0.357 e. The normalized spacial score (nSPS) is 27.8. The van der Waals surface area contributed by atoms with Crippen molar-refractivity contribution in [3.05, 3.63) is 12.2 Å². The highest BCUT2D eigenvalue weighted by Crippen LogP contribution is 2.20. The Balaban J connectivity index is 1.96. The van der Waals surface area contributed by atoms with Gasteiger partial charge in [0, 0.05) is 0 Å². The number of hydrogen-bond acceptors (Lipinski definition) is 2. The Hall–Kier alpha value is -0.630. The van der Waals surface area contributed by atoms with Crippen LogP contribution in [0.25, 0.3) is 0 Å². The van der Waals surface area contributed by atoms with Crippen LogP contribution in [0.2, 0.25) is 0 Å². The molecule has 0 N–H and O–H groups in total. The number of hydrogen-bond donors (Lipinski definition) is 0. The minimum absolute atomic E-state index is 0.0872. The smallest absolute Gasteiger partial charge is 0.151 e. The molecule has 1 fully saturated rings. The van der Waals surface area contributed by atoms with E-state index in [1.54, 1.807) is 0 Å². The zero-order valence-electron chi connectivity index (χ0n) is 7.53. The maximum atomic E-state index is 10.2. The molecule has 1 aliphatic heterocycles. The predicted octanol–water partition coefficient (Wildman–Crippen LogP) is 2.09. The van der Waals surface area contributed by atoms with Crippen molar-refractivity contribution in [1.82, 2.24) is 0 Å². The van der Waals surface area contributed by atoms with Crippen molar-refractivity contribution in [2.45, 2.75) is 44.8 Å². The second kappa shape index (κ2) is 5.09. The molecule has 0 spiro atoms. The van der Waals surface area contributed by atoms with Gasteiger partial charge in [-0.25, -0.2) is 0 Å². The van der Waals surface area contributed by atoms with Gasteiger partial charge in [-0.3, -0.25) is 0 Å². The molecule has 1 saturated heterocycles. The summed E-state index contributed by atoms with van der Waals surface area (Å²) in [7, 11) is 0. The van der Waals surface area contributed by atoms with Gasteiger partial charge in [0.1, 0.15) is 12.2 Å². The third-order valence-corrected chi connectivity index (χ3v) is 2.00. The lowest BCUT2D eigenvalue weighted by molar-refractivity contribution is -0.108. The number of carbonyl (C=O) groups is 1. The van der Waals surface area contributed by atoms with E-state index in [-0.39, 0.29) is 12.2 Å². The van der Waals surface area contributed by atoms with Crippen LogP contribution in [0, 0.1) is 0 Å². The van der Waals surface area contributed by atoms with Crippen molar-refractivity contribution in [3.63, 3.8) is 0 Å². The van der Waals surface area contributed by atoms with Crippen LogP contribution in [0.1, 0.15) is 32.6 Å². The lowest BCUT2D eigenvalue weighted by atomic mass is 10.2. The van der Waals surface area contributed by atoms with E-state index >= 15 is 0 Å². The Morgan fingerprint density at radius 2 is 2.17 bits per heavy atom. The molecular weight excluding hydrogens is 152 g/mol. The summed E-state index contributed by atoms with van der Waals surface area (Å²) in [5, 5.41) is 0. The van der Waals surface area contributed by atoms with E-state index in [4.69, 9.17) is 4.74 Å². The minimum Gasteiger partial charge on any atom is -0.357 e. The lowest BCUT2D eigenvalue weighted by Crippen LogP contribution is -1.89. The first kappa shape index (κ1) is 9.46. The molecule has 2 atom stereocenters. The van der Waals surface area contributed by atoms with Gasteiger partial charge in [0.15, 0.2) is 6.29 Å². The predicted molar refractivity (Wildman–Crippen MR) is 48.0 cm³/mol. The van der Waals surface area contributed by atoms with Crippen LogP contribution < -0.4 is 0 Å². The zero-order chi connectivity index (χ0) is 8.81. The van der Waals surface area contributed by atoms with Gasteiger partial charge in [-0.05, 0) is 12.8 Å².